The van der Waals surface area contributed by atoms with Crippen molar-refractivity contribution < 1.29 is 9.53 Å². The summed E-state index contributed by atoms with van der Waals surface area (Å²) in [5.74, 6) is 0.280. The highest BCUT2D eigenvalue weighted by Crippen LogP contribution is 2.25. The van der Waals surface area contributed by atoms with Gasteiger partial charge in [0.15, 0.2) is 0 Å². The van der Waals surface area contributed by atoms with E-state index in [2.05, 4.69) is 10.4 Å². The summed E-state index contributed by atoms with van der Waals surface area (Å²) in [5.41, 5.74) is 2.93. The number of para-hydroxylation sites is 2. The molecule has 0 saturated heterocycles. The second kappa shape index (κ2) is 9.19. The normalized spacial score (nSPS) is 11.7. The second-order valence-electron chi connectivity index (χ2n) is 6.71. The zero-order valence-electron chi connectivity index (χ0n) is 16.9. The van der Waals surface area contributed by atoms with E-state index in [-0.39, 0.29) is 11.5 Å². The zero-order valence-corrected chi connectivity index (χ0v) is 16.9. The van der Waals surface area contributed by atoms with Crippen LogP contribution in [0.1, 0.15) is 31.9 Å². The van der Waals surface area contributed by atoms with E-state index in [1.54, 1.807) is 18.2 Å². The Bertz CT molecular complexity index is 1040. The predicted molar refractivity (Wildman–Crippen MR) is 114 cm³/mol. The van der Waals surface area contributed by atoms with Gasteiger partial charge in [-0.25, -0.2) is 4.68 Å². The first-order chi connectivity index (χ1) is 14.0. The number of nitrogens with zero attached hydrogens (tertiary/aromatic N) is 2. The van der Waals surface area contributed by atoms with E-state index in [1.807, 2.05) is 57.2 Å². The number of carbonyl (C=O) groups excluding carboxylic acids is 1. The Kier molecular flexibility index (Phi) is 6.44. The van der Waals surface area contributed by atoms with Crippen molar-refractivity contribution in [3.8, 4) is 17.0 Å². The maximum absolute atomic E-state index is 13.0. The molecule has 1 heterocycles. The molecule has 0 aliphatic carbocycles. The van der Waals surface area contributed by atoms with Crippen LogP contribution in [0.25, 0.3) is 11.3 Å². The molecule has 0 fully saturated rings. The number of amides is 1. The van der Waals surface area contributed by atoms with Gasteiger partial charge in [-0.15, -0.1) is 0 Å². The summed E-state index contributed by atoms with van der Waals surface area (Å²) >= 11 is 0. The molecule has 29 heavy (non-hydrogen) atoms. The van der Waals surface area contributed by atoms with Gasteiger partial charge in [-0.2, -0.15) is 5.10 Å². The van der Waals surface area contributed by atoms with E-state index in [0.717, 1.165) is 11.1 Å². The number of benzene rings is 2. The number of hydrogen-bond donors (Lipinski definition) is 1. The predicted octanol–water partition coefficient (Wildman–Crippen LogP) is 4.21. The van der Waals surface area contributed by atoms with Crippen molar-refractivity contribution in [2.75, 3.05) is 11.9 Å². The fourth-order valence-corrected chi connectivity index (χ4v) is 3.06. The smallest absolute Gasteiger partial charge is 0.267 e. The lowest BCUT2D eigenvalue weighted by Gasteiger charge is -2.18. The molecular weight excluding hydrogens is 366 g/mol. The Hall–Kier alpha value is -3.41. The Labute approximate surface area is 170 Å². The number of hydrogen-bond acceptors (Lipinski definition) is 4. The summed E-state index contributed by atoms with van der Waals surface area (Å²) in [7, 11) is 0. The van der Waals surface area contributed by atoms with Crippen LogP contribution in [-0.4, -0.2) is 22.3 Å². The topological polar surface area (TPSA) is 73.2 Å². The highest BCUT2D eigenvalue weighted by molar-refractivity contribution is 5.95. The minimum atomic E-state index is -0.734. The lowest BCUT2D eigenvalue weighted by Crippen LogP contribution is -2.34. The summed E-state index contributed by atoms with van der Waals surface area (Å²) in [6, 6.07) is 17.5. The van der Waals surface area contributed by atoms with E-state index in [1.165, 1.54) is 10.7 Å². The summed E-state index contributed by atoms with van der Waals surface area (Å²) in [6.45, 7) is 6.23. The SMILES string of the molecule is CCOc1ccccc1NC(=O)[C@H](CC)n1nc(-c2ccc(C)cc2)ccc1=O. The molecule has 0 spiro atoms. The quantitative estimate of drug-likeness (QED) is 0.655. The number of aryl methyl sites for hydroxylation is 1. The maximum atomic E-state index is 13.0. The molecule has 2 aromatic carbocycles. The number of rotatable bonds is 7. The number of ether oxygens (including phenoxy) is 1. The van der Waals surface area contributed by atoms with E-state index in [9.17, 15) is 9.59 Å². The van der Waals surface area contributed by atoms with E-state index >= 15 is 0 Å². The first kappa shape index (κ1) is 20.3. The number of anilines is 1. The number of carbonyl (C=O) groups is 1. The van der Waals surface area contributed by atoms with Gasteiger partial charge < -0.3 is 10.1 Å². The third-order valence-electron chi connectivity index (χ3n) is 4.60. The molecule has 0 radical (unpaired) electrons. The van der Waals surface area contributed by atoms with Gasteiger partial charge in [0, 0.05) is 11.6 Å². The van der Waals surface area contributed by atoms with Gasteiger partial charge >= 0.3 is 0 Å². The molecule has 0 unspecified atom stereocenters. The monoisotopic (exact) mass is 391 g/mol. The molecule has 0 bridgehead atoms. The van der Waals surface area contributed by atoms with Crippen molar-refractivity contribution >= 4 is 11.6 Å². The van der Waals surface area contributed by atoms with Gasteiger partial charge in [-0.3, -0.25) is 9.59 Å². The maximum Gasteiger partial charge on any atom is 0.267 e. The lowest BCUT2D eigenvalue weighted by molar-refractivity contribution is -0.119. The number of aromatic nitrogens is 2. The fraction of sp³-hybridized carbons (Fsp3) is 0.261. The van der Waals surface area contributed by atoms with Gasteiger partial charge in [0.1, 0.15) is 11.8 Å². The van der Waals surface area contributed by atoms with Crippen LogP contribution in [0.4, 0.5) is 5.69 Å². The zero-order chi connectivity index (χ0) is 20.8. The van der Waals surface area contributed by atoms with Crippen LogP contribution in [0.15, 0.2) is 65.5 Å². The molecular formula is C23H25N3O3. The molecule has 0 aliphatic rings. The molecule has 150 valence electrons. The van der Waals surface area contributed by atoms with Crippen molar-refractivity contribution in [2.24, 2.45) is 0 Å². The Balaban J connectivity index is 1.91. The Morgan fingerprint density at radius 3 is 2.48 bits per heavy atom. The van der Waals surface area contributed by atoms with E-state index < -0.39 is 6.04 Å². The first-order valence-corrected chi connectivity index (χ1v) is 9.73. The van der Waals surface area contributed by atoms with Crippen molar-refractivity contribution in [1.29, 1.82) is 0 Å². The third-order valence-corrected chi connectivity index (χ3v) is 4.60. The summed E-state index contributed by atoms with van der Waals surface area (Å²) in [6.07, 6.45) is 0.424. The third kappa shape index (κ3) is 4.71. The van der Waals surface area contributed by atoms with Gasteiger partial charge in [-0.05, 0) is 38.5 Å². The minimum absolute atomic E-state index is 0.310. The highest BCUT2D eigenvalue weighted by atomic mass is 16.5. The van der Waals surface area contributed by atoms with E-state index in [4.69, 9.17) is 4.74 Å². The first-order valence-electron chi connectivity index (χ1n) is 9.73. The van der Waals surface area contributed by atoms with Crippen LogP contribution in [0, 0.1) is 6.92 Å². The lowest BCUT2D eigenvalue weighted by atomic mass is 10.1. The molecule has 6 nitrogen and oxygen atoms in total. The van der Waals surface area contributed by atoms with Crippen LogP contribution >= 0.6 is 0 Å². The molecule has 1 aromatic heterocycles. The average molecular weight is 391 g/mol. The molecule has 1 atom stereocenters. The number of nitrogens with one attached hydrogen (secondary N) is 1. The summed E-state index contributed by atoms with van der Waals surface area (Å²) < 4.78 is 6.83. The van der Waals surface area contributed by atoms with Gasteiger partial charge in [0.2, 0.25) is 5.91 Å². The van der Waals surface area contributed by atoms with Crippen LogP contribution in [0.2, 0.25) is 0 Å². The molecule has 1 amide bonds. The molecule has 0 saturated carbocycles. The van der Waals surface area contributed by atoms with Crippen molar-refractivity contribution in [3.05, 3.63) is 76.6 Å². The average Bonchev–Trinajstić information content (AvgIpc) is 2.72. The molecule has 6 heteroatoms. The van der Waals surface area contributed by atoms with Crippen LogP contribution < -0.4 is 15.6 Å². The molecule has 3 aromatic rings. The highest BCUT2D eigenvalue weighted by Gasteiger charge is 2.22. The fourth-order valence-electron chi connectivity index (χ4n) is 3.06. The van der Waals surface area contributed by atoms with Crippen molar-refractivity contribution in [1.82, 2.24) is 9.78 Å². The van der Waals surface area contributed by atoms with Crippen molar-refractivity contribution in [2.45, 2.75) is 33.2 Å². The van der Waals surface area contributed by atoms with Gasteiger partial charge in [0.25, 0.3) is 5.56 Å². The van der Waals surface area contributed by atoms with Crippen LogP contribution in [0.3, 0.4) is 0 Å². The van der Waals surface area contributed by atoms with Crippen molar-refractivity contribution in [3.63, 3.8) is 0 Å². The molecule has 1 N–H and O–H groups in total. The Morgan fingerprint density at radius 2 is 1.79 bits per heavy atom. The Morgan fingerprint density at radius 1 is 1.07 bits per heavy atom. The summed E-state index contributed by atoms with van der Waals surface area (Å²) in [4.78, 5) is 25.5. The van der Waals surface area contributed by atoms with E-state index in [0.29, 0.717) is 30.2 Å². The largest absolute Gasteiger partial charge is 0.492 e. The molecule has 0 aliphatic heterocycles. The summed E-state index contributed by atoms with van der Waals surface area (Å²) in [5, 5.41) is 7.35. The van der Waals surface area contributed by atoms with Crippen LogP contribution in [-0.2, 0) is 4.79 Å². The standard InChI is InChI=1S/C23H25N3O3/c1-4-20(23(28)24-19-8-6-7-9-21(19)29-5-2)26-22(27)15-14-18(25-26)17-12-10-16(3)11-13-17/h6-15,20H,4-5H2,1-3H3,(H,24,28)/t20-/m0/s1. The second-order valence-corrected chi connectivity index (χ2v) is 6.71. The van der Waals surface area contributed by atoms with Crippen LogP contribution in [0.5, 0.6) is 5.75 Å². The molecule has 3 rings (SSSR count). The van der Waals surface area contributed by atoms with Gasteiger partial charge in [0.05, 0.1) is 18.0 Å². The minimum Gasteiger partial charge on any atom is -0.492 e. The van der Waals surface area contributed by atoms with Gasteiger partial charge in [-0.1, -0.05) is 48.9 Å².